The summed E-state index contributed by atoms with van der Waals surface area (Å²) >= 11 is 12.6. The van der Waals surface area contributed by atoms with Crippen LogP contribution in [0, 0.1) is 0 Å². The molecule has 0 aromatic carbocycles. The molecule has 1 N–H and O–H groups in total. The van der Waals surface area contributed by atoms with E-state index in [9.17, 15) is 16.8 Å². The topological polar surface area (TPSA) is 83.6 Å². The zero-order valence-electron chi connectivity index (χ0n) is 11.0. The number of rotatable bonds is 4. The van der Waals surface area contributed by atoms with Crippen molar-refractivity contribution >= 4 is 54.6 Å². The molecule has 1 fully saturated rings. The normalized spacial score (nSPS) is 19.0. The largest absolute Gasteiger partial charge is 0.243 e. The Hall–Kier alpha value is 0.1000. The Morgan fingerprint density at radius 2 is 1.81 bits per heavy atom. The molecule has 2 heterocycles. The van der Waals surface area contributed by atoms with Crippen molar-refractivity contribution in [3.8, 4) is 0 Å². The van der Waals surface area contributed by atoms with Gasteiger partial charge in [-0.05, 0) is 18.9 Å². The van der Waals surface area contributed by atoms with Crippen LogP contribution in [-0.2, 0) is 20.0 Å². The molecule has 2 rings (SSSR count). The monoisotopic (exact) mass is 392 g/mol. The first-order valence-electron chi connectivity index (χ1n) is 6.02. The van der Waals surface area contributed by atoms with Gasteiger partial charge >= 0.3 is 0 Å². The lowest BCUT2D eigenvalue weighted by Gasteiger charge is -2.30. The van der Waals surface area contributed by atoms with E-state index < -0.39 is 20.0 Å². The third-order valence-corrected chi connectivity index (χ3v) is 7.74. The standard InChI is InChI=1S/C10H14Cl2N2O4S3/c1-20(15,16)14-4-2-7(3-5-14)13-21(17,18)8-6-9(11)19-10(8)12/h6-7,13H,2-5H2,1H3. The van der Waals surface area contributed by atoms with Crippen molar-refractivity contribution in [2.45, 2.75) is 23.8 Å². The summed E-state index contributed by atoms with van der Waals surface area (Å²) in [6, 6.07) is 0.991. The minimum absolute atomic E-state index is 0.0373. The van der Waals surface area contributed by atoms with Crippen molar-refractivity contribution in [3.63, 3.8) is 0 Å². The molecule has 1 aromatic rings. The molecular formula is C10H14Cl2N2O4S3. The van der Waals surface area contributed by atoms with Crippen LogP contribution < -0.4 is 4.72 Å². The molecule has 1 aliphatic heterocycles. The van der Waals surface area contributed by atoms with Crippen molar-refractivity contribution in [2.75, 3.05) is 19.3 Å². The third kappa shape index (κ3) is 4.31. The van der Waals surface area contributed by atoms with Crippen molar-refractivity contribution in [2.24, 2.45) is 0 Å². The maximum atomic E-state index is 12.2. The molecule has 120 valence electrons. The Bertz CT molecular complexity index is 721. The number of piperidine rings is 1. The predicted octanol–water partition coefficient (Wildman–Crippen LogP) is 1.76. The summed E-state index contributed by atoms with van der Waals surface area (Å²) in [5.41, 5.74) is 0. The van der Waals surface area contributed by atoms with E-state index >= 15 is 0 Å². The predicted molar refractivity (Wildman–Crippen MR) is 84.1 cm³/mol. The summed E-state index contributed by atoms with van der Waals surface area (Å²) in [5.74, 6) is 0. The fraction of sp³-hybridized carbons (Fsp3) is 0.600. The summed E-state index contributed by atoms with van der Waals surface area (Å²) in [7, 11) is -6.98. The summed E-state index contributed by atoms with van der Waals surface area (Å²) in [6.45, 7) is 0.592. The Morgan fingerprint density at radius 3 is 2.24 bits per heavy atom. The minimum Gasteiger partial charge on any atom is -0.213 e. The van der Waals surface area contributed by atoms with E-state index in [0.717, 1.165) is 17.6 Å². The maximum Gasteiger partial charge on any atom is 0.243 e. The van der Waals surface area contributed by atoms with Crippen LogP contribution in [0.1, 0.15) is 12.8 Å². The molecule has 1 aromatic heterocycles. The van der Waals surface area contributed by atoms with Crippen molar-refractivity contribution in [1.82, 2.24) is 9.03 Å². The Morgan fingerprint density at radius 1 is 1.24 bits per heavy atom. The smallest absolute Gasteiger partial charge is 0.213 e. The van der Waals surface area contributed by atoms with Gasteiger partial charge in [0.15, 0.2) is 0 Å². The van der Waals surface area contributed by atoms with Crippen LogP contribution in [0.15, 0.2) is 11.0 Å². The number of nitrogens with one attached hydrogen (secondary N) is 1. The van der Waals surface area contributed by atoms with Gasteiger partial charge in [0.1, 0.15) is 9.23 Å². The molecule has 0 radical (unpaired) electrons. The average Bonchev–Trinajstić information content (AvgIpc) is 2.68. The number of hydrogen-bond acceptors (Lipinski definition) is 5. The molecule has 1 aliphatic rings. The van der Waals surface area contributed by atoms with E-state index in [-0.39, 0.29) is 15.3 Å². The van der Waals surface area contributed by atoms with Gasteiger partial charge in [-0.15, -0.1) is 11.3 Å². The van der Waals surface area contributed by atoms with Gasteiger partial charge in [0.2, 0.25) is 20.0 Å². The molecule has 0 amide bonds. The van der Waals surface area contributed by atoms with Gasteiger partial charge in [-0.1, -0.05) is 23.2 Å². The van der Waals surface area contributed by atoms with E-state index in [2.05, 4.69) is 4.72 Å². The summed E-state index contributed by atoms with van der Waals surface area (Å²) in [4.78, 5) is -0.0373. The van der Waals surface area contributed by atoms with Gasteiger partial charge in [-0.2, -0.15) is 0 Å². The number of thiophene rings is 1. The van der Waals surface area contributed by atoms with Crippen LogP contribution >= 0.6 is 34.5 Å². The molecule has 0 spiro atoms. The second-order valence-electron chi connectivity index (χ2n) is 4.75. The molecule has 0 atom stereocenters. The highest BCUT2D eigenvalue weighted by molar-refractivity contribution is 7.90. The van der Waals surface area contributed by atoms with Crippen molar-refractivity contribution in [3.05, 3.63) is 14.7 Å². The highest BCUT2D eigenvalue weighted by Gasteiger charge is 2.29. The number of nitrogens with zero attached hydrogens (tertiary/aromatic N) is 1. The van der Waals surface area contributed by atoms with E-state index in [4.69, 9.17) is 23.2 Å². The molecule has 6 nitrogen and oxygen atoms in total. The molecule has 0 unspecified atom stereocenters. The Balaban J connectivity index is 2.05. The lowest BCUT2D eigenvalue weighted by atomic mass is 10.1. The molecular weight excluding hydrogens is 379 g/mol. The molecule has 0 aliphatic carbocycles. The van der Waals surface area contributed by atoms with Gasteiger partial charge in [0.25, 0.3) is 0 Å². The van der Waals surface area contributed by atoms with Crippen molar-refractivity contribution < 1.29 is 16.8 Å². The lowest BCUT2D eigenvalue weighted by molar-refractivity contribution is 0.310. The number of halogens is 2. The number of hydrogen-bond donors (Lipinski definition) is 1. The van der Waals surface area contributed by atoms with Gasteiger partial charge < -0.3 is 0 Å². The van der Waals surface area contributed by atoms with Gasteiger partial charge in [0.05, 0.1) is 10.6 Å². The summed E-state index contributed by atoms with van der Waals surface area (Å²) < 4.78 is 51.6. The first kappa shape index (κ1) is 17.5. The van der Waals surface area contributed by atoms with Crippen LogP contribution in [0.25, 0.3) is 0 Å². The molecule has 21 heavy (non-hydrogen) atoms. The van der Waals surface area contributed by atoms with Gasteiger partial charge in [-0.3, -0.25) is 0 Å². The average molecular weight is 393 g/mol. The van der Waals surface area contributed by atoms with E-state index in [0.29, 0.717) is 30.3 Å². The second-order valence-corrected chi connectivity index (χ2v) is 10.7. The Kier molecular flexibility index (Phi) is 5.24. The van der Waals surface area contributed by atoms with Crippen LogP contribution in [0.4, 0.5) is 0 Å². The van der Waals surface area contributed by atoms with E-state index in [1.807, 2.05) is 0 Å². The van der Waals surface area contributed by atoms with Crippen LogP contribution in [0.5, 0.6) is 0 Å². The van der Waals surface area contributed by atoms with Crippen LogP contribution in [0.3, 0.4) is 0 Å². The number of sulfonamides is 2. The Labute approximate surface area is 138 Å². The first-order chi connectivity index (χ1) is 9.59. The highest BCUT2D eigenvalue weighted by atomic mass is 35.5. The SMILES string of the molecule is CS(=O)(=O)N1CCC(NS(=O)(=O)c2cc(Cl)sc2Cl)CC1. The third-order valence-electron chi connectivity index (χ3n) is 3.16. The quantitative estimate of drug-likeness (QED) is 0.845. The lowest BCUT2D eigenvalue weighted by Crippen LogP contribution is -2.46. The minimum atomic E-state index is -3.75. The van der Waals surface area contributed by atoms with E-state index in [1.54, 1.807) is 0 Å². The maximum absolute atomic E-state index is 12.2. The highest BCUT2D eigenvalue weighted by Crippen LogP contribution is 2.34. The fourth-order valence-electron chi connectivity index (χ4n) is 2.10. The zero-order valence-corrected chi connectivity index (χ0v) is 15.0. The van der Waals surface area contributed by atoms with Gasteiger partial charge in [-0.25, -0.2) is 25.9 Å². The molecule has 11 heteroatoms. The zero-order chi connectivity index (χ0) is 15.8. The second kappa shape index (κ2) is 6.31. The molecule has 0 bridgehead atoms. The summed E-state index contributed by atoms with van der Waals surface area (Å²) in [6.07, 6.45) is 1.98. The fourth-order valence-corrected chi connectivity index (χ4v) is 6.43. The first-order valence-corrected chi connectivity index (χ1v) is 10.9. The van der Waals surface area contributed by atoms with Gasteiger partial charge in [0, 0.05) is 19.1 Å². The van der Waals surface area contributed by atoms with E-state index in [1.165, 1.54) is 10.4 Å². The van der Waals surface area contributed by atoms with Crippen LogP contribution in [0.2, 0.25) is 8.67 Å². The molecule has 1 saturated heterocycles. The van der Waals surface area contributed by atoms with Crippen LogP contribution in [-0.4, -0.2) is 46.5 Å². The summed E-state index contributed by atoms with van der Waals surface area (Å²) in [5, 5.41) is 0. The van der Waals surface area contributed by atoms with Crippen molar-refractivity contribution in [1.29, 1.82) is 0 Å². The molecule has 0 saturated carbocycles.